The Hall–Kier alpha value is -3.19. The quantitative estimate of drug-likeness (QED) is 0.638. The largest absolute Gasteiger partial charge is 0.496 e. The van der Waals surface area contributed by atoms with Gasteiger partial charge in [0.1, 0.15) is 11.4 Å². The molecule has 1 amide bonds. The van der Waals surface area contributed by atoms with Crippen molar-refractivity contribution in [2.24, 2.45) is 7.05 Å². The van der Waals surface area contributed by atoms with Crippen molar-refractivity contribution >= 4 is 5.91 Å². The molecule has 1 aliphatic heterocycles. The van der Waals surface area contributed by atoms with E-state index in [4.69, 9.17) is 4.74 Å². The summed E-state index contributed by atoms with van der Waals surface area (Å²) >= 11 is 0. The van der Waals surface area contributed by atoms with Crippen LogP contribution in [0.1, 0.15) is 24.1 Å². The van der Waals surface area contributed by atoms with Crippen molar-refractivity contribution < 1.29 is 9.53 Å². The average Bonchev–Trinajstić information content (AvgIpc) is 3.16. The molecule has 0 bridgehead atoms. The lowest BCUT2D eigenvalue weighted by Gasteiger charge is -2.32. The first kappa shape index (κ1) is 21.1. The number of pyridine rings is 1. The summed E-state index contributed by atoms with van der Waals surface area (Å²) in [5.41, 5.74) is 3.87. The van der Waals surface area contributed by atoms with Crippen molar-refractivity contribution in [2.45, 2.75) is 31.8 Å². The number of carbonyl (C=O) groups is 1. The third-order valence-electron chi connectivity index (χ3n) is 5.79. The van der Waals surface area contributed by atoms with Crippen LogP contribution < -0.4 is 10.1 Å². The number of nitrogens with one attached hydrogen (secondary N) is 1. The molecule has 1 fully saturated rings. The van der Waals surface area contributed by atoms with Crippen LogP contribution in [-0.2, 0) is 24.8 Å². The summed E-state index contributed by atoms with van der Waals surface area (Å²) in [6, 6.07) is 15.9. The number of nitrogens with zero attached hydrogens (tertiary/aromatic N) is 4. The van der Waals surface area contributed by atoms with Gasteiger partial charge in [-0.05, 0) is 37.1 Å². The van der Waals surface area contributed by atoms with Gasteiger partial charge in [-0.2, -0.15) is 5.10 Å². The molecular weight excluding hydrogens is 390 g/mol. The van der Waals surface area contributed by atoms with Gasteiger partial charge in [0.15, 0.2) is 0 Å². The molecule has 162 valence electrons. The van der Waals surface area contributed by atoms with Crippen LogP contribution in [0.2, 0.25) is 0 Å². The third kappa shape index (κ3) is 5.30. The molecule has 7 heteroatoms. The molecule has 4 rings (SSSR count). The fourth-order valence-corrected chi connectivity index (χ4v) is 4.06. The van der Waals surface area contributed by atoms with E-state index < -0.39 is 0 Å². The Labute approximate surface area is 183 Å². The predicted molar refractivity (Wildman–Crippen MR) is 120 cm³/mol. The number of para-hydroxylation sites is 1. The molecule has 0 radical (unpaired) electrons. The van der Waals surface area contributed by atoms with Gasteiger partial charge in [-0.3, -0.25) is 19.4 Å². The van der Waals surface area contributed by atoms with E-state index in [1.165, 1.54) is 5.69 Å². The summed E-state index contributed by atoms with van der Waals surface area (Å²) in [6.45, 7) is 2.74. The first-order valence-electron chi connectivity index (χ1n) is 10.7. The fourth-order valence-electron chi connectivity index (χ4n) is 4.06. The predicted octanol–water partition coefficient (Wildman–Crippen LogP) is 2.81. The molecule has 0 unspecified atom stereocenters. The number of aromatic nitrogens is 3. The zero-order chi connectivity index (χ0) is 21.6. The Morgan fingerprint density at radius 2 is 1.90 bits per heavy atom. The van der Waals surface area contributed by atoms with E-state index in [1.54, 1.807) is 13.3 Å². The average molecular weight is 420 g/mol. The van der Waals surface area contributed by atoms with Crippen LogP contribution in [0.5, 0.6) is 5.75 Å². The highest BCUT2D eigenvalue weighted by Gasteiger charge is 2.22. The zero-order valence-corrected chi connectivity index (χ0v) is 18.1. The van der Waals surface area contributed by atoms with Crippen molar-refractivity contribution in [3.05, 3.63) is 66.0 Å². The zero-order valence-electron chi connectivity index (χ0n) is 18.1. The Morgan fingerprint density at radius 1 is 1.13 bits per heavy atom. The fraction of sp³-hybridized carbons (Fsp3) is 0.375. The van der Waals surface area contributed by atoms with E-state index in [0.717, 1.165) is 55.2 Å². The summed E-state index contributed by atoms with van der Waals surface area (Å²) in [5, 5.41) is 7.81. The van der Waals surface area contributed by atoms with Crippen molar-refractivity contribution in [3.8, 4) is 17.1 Å². The van der Waals surface area contributed by atoms with Gasteiger partial charge in [-0.1, -0.05) is 24.3 Å². The molecule has 1 aromatic carbocycles. The van der Waals surface area contributed by atoms with Crippen LogP contribution in [0.4, 0.5) is 0 Å². The second-order valence-electron chi connectivity index (χ2n) is 7.97. The molecule has 7 nitrogen and oxygen atoms in total. The number of piperidine rings is 1. The van der Waals surface area contributed by atoms with Crippen molar-refractivity contribution in [3.63, 3.8) is 0 Å². The van der Waals surface area contributed by atoms with Gasteiger partial charge in [0.25, 0.3) is 0 Å². The minimum atomic E-state index is 0.0505. The number of ether oxygens (including phenoxy) is 1. The van der Waals surface area contributed by atoms with Gasteiger partial charge in [-0.15, -0.1) is 0 Å². The molecule has 3 heterocycles. The number of methoxy groups -OCH3 is 1. The maximum Gasteiger partial charge on any atom is 0.224 e. The second-order valence-corrected chi connectivity index (χ2v) is 7.97. The maximum absolute atomic E-state index is 12.5. The second kappa shape index (κ2) is 9.75. The molecule has 31 heavy (non-hydrogen) atoms. The third-order valence-corrected chi connectivity index (χ3v) is 5.79. The highest BCUT2D eigenvalue weighted by Crippen LogP contribution is 2.20. The molecule has 1 saturated heterocycles. The Morgan fingerprint density at radius 3 is 2.65 bits per heavy atom. The van der Waals surface area contributed by atoms with Crippen LogP contribution in [0, 0.1) is 0 Å². The van der Waals surface area contributed by atoms with E-state index in [9.17, 15) is 4.79 Å². The molecule has 1 N–H and O–H groups in total. The van der Waals surface area contributed by atoms with Crippen molar-refractivity contribution in [1.29, 1.82) is 0 Å². The standard InChI is InChI=1S/C24H29N5O2/c1-28-20(16-22(27-28)21-8-5-6-12-25-21)17-29-13-10-19(11-14-29)26-24(30)15-18-7-3-4-9-23(18)31-2/h3-9,12,16,19H,10-11,13-15,17H2,1-2H3,(H,26,30). The SMILES string of the molecule is COc1ccccc1CC(=O)NC1CCN(Cc2cc(-c3ccccn3)nn2C)CC1. The van der Waals surface area contributed by atoms with Crippen molar-refractivity contribution in [1.82, 2.24) is 25.0 Å². The molecule has 0 aliphatic carbocycles. The number of aryl methyl sites for hydroxylation is 1. The Bertz CT molecular complexity index is 1010. The number of likely N-dealkylation sites (tertiary alicyclic amines) is 1. The molecule has 0 spiro atoms. The first-order valence-corrected chi connectivity index (χ1v) is 10.7. The van der Waals surface area contributed by atoms with Gasteiger partial charge in [-0.25, -0.2) is 0 Å². The van der Waals surface area contributed by atoms with Gasteiger partial charge in [0, 0.05) is 44.5 Å². The highest BCUT2D eigenvalue weighted by molar-refractivity contribution is 5.79. The van der Waals surface area contributed by atoms with Crippen LogP contribution in [0.15, 0.2) is 54.7 Å². The lowest BCUT2D eigenvalue weighted by Crippen LogP contribution is -2.44. The monoisotopic (exact) mass is 419 g/mol. The van der Waals surface area contributed by atoms with E-state index >= 15 is 0 Å². The van der Waals surface area contributed by atoms with Crippen LogP contribution >= 0.6 is 0 Å². The van der Waals surface area contributed by atoms with E-state index in [1.807, 2.05) is 54.2 Å². The number of rotatable bonds is 7. The lowest BCUT2D eigenvalue weighted by atomic mass is 10.0. The van der Waals surface area contributed by atoms with E-state index in [0.29, 0.717) is 6.42 Å². The van der Waals surface area contributed by atoms with E-state index in [-0.39, 0.29) is 11.9 Å². The van der Waals surface area contributed by atoms with E-state index in [2.05, 4.69) is 26.4 Å². The summed E-state index contributed by atoms with van der Waals surface area (Å²) in [5.74, 6) is 0.809. The Kier molecular flexibility index (Phi) is 6.62. The molecule has 2 aromatic heterocycles. The normalized spacial score (nSPS) is 15.0. The molecule has 1 aliphatic rings. The van der Waals surface area contributed by atoms with Gasteiger partial charge in [0.05, 0.1) is 24.9 Å². The number of hydrogen-bond acceptors (Lipinski definition) is 5. The highest BCUT2D eigenvalue weighted by atomic mass is 16.5. The Balaban J connectivity index is 1.27. The number of amides is 1. The number of carbonyl (C=O) groups excluding carboxylic acids is 1. The first-order chi connectivity index (χ1) is 15.1. The molecule has 3 aromatic rings. The van der Waals surface area contributed by atoms with Gasteiger partial charge < -0.3 is 10.1 Å². The minimum Gasteiger partial charge on any atom is -0.496 e. The summed E-state index contributed by atoms with van der Waals surface area (Å²) < 4.78 is 7.28. The molecule has 0 saturated carbocycles. The van der Waals surface area contributed by atoms with Gasteiger partial charge in [0.2, 0.25) is 5.91 Å². The van der Waals surface area contributed by atoms with Gasteiger partial charge >= 0.3 is 0 Å². The van der Waals surface area contributed by atoms with Crippen LogP contribution in [0.25, 0.3) is 11.4 Å². The summed E-state index contributed by atoms with van der Waals surface area (Å²) in [4.78, 5) is 19.3. The smallest absolute Gasteiger partial charge is 0.224 e. The van der Waals surface area contributed by atoms with Crippen LogP contribution in [-0.4, -0.2) is 51.8 Å². The maximum atomic E-state index is 12.5. The summed E-state index contributed by atoms with van der Waals surface area (Å²) in [7, 11) is 3.61. The number of hydrogen-bond donors (Lipinski definition) is 1. The number of benzene rings is 1. The summed E-state index contributed by atoms with van der Waals surface area (Å²) in [6.07, 6.45) is 4.03. The lowest BCUT2D eigenvalue weighted by molar-refractivity contribution is -0.121. The molecular formula is C24H29N5O2. The topological polar surface area (TPSA) is 72.3 Å². The molecule has 0 atom stereocenters. The van der Waals surface area contributed by atoms with Crippen LogP contribution in [0.3, 0.4) is 0 Å². The minimum absolute atomic E-state index is 0.0505. The van der Waals surface area contributed by atoms with Crippen molar-refractivity contribution in [2.75, 3.05) is 20.2 Å².